The molecule has 0 spiro atoms. The van der Waals surface area contributed by atoms with E-state index in [2.05, 4.69) is 20.8 Å². The van der Waals surface area contributed by atoms with Gasteiger partial charge in [0.2, 0.25) is 0 Å². The van der Waals surface area contributed by atoms with Crippen LogP contribution in [0.5, 0.6) is 0 Å². The summed E-state index contributed by atoms with van der Waals surface area (Å²) in [4.78, 5) is 0. The SMILES string of the molecule is CC(C)C1(C)CC[C@@H]1CCCCN. The fourth-order valence-corrected chi connectivity index (χ4v) is 2.57. The lowest BCUT2D eigenvalue weighted by molar-refractivity contribution is -0.00593. The molecule has 0 heterocycles. The van der Waals surface area contributed by atoms with E-state index in [1.54, 1.807) is 0 Å². The predicted molar refractivity (Wildman–Crippen MR) is 58.6 cm³/mol. The van der Waals surface area contributed by atoms with E-state index >= 15 is 0 Å². The summed E-state index contributed by atoms with van der Waals surface area (Å²) in [6.07, 6.45) is 6.86. The van der Waals surface area contributed by atoms with Gasteiger partial charge >= 0.3 is 0 Å². The molecule has 0 radical (unpaired) electrons. The first-order valence-corrected chi connectivity index (χ1v) is 5.81. The molecule has 0 aromatic carbocycles. The Labute approximate surface area is 83.1 Å². The van der Waals surface area contributed by atoms with E-state index in [1.807, 2.05) is 0 Å². The molecule has 78 valence electrons. The van der Waals surface area contributed by atoms with Gasteiger partial charge in [0, 0.05) is 0 Å². The van der Waals surface area contributed by atoms with Crippen molar-refractivity contribution in [2.45, 2.75) is 52.9 Å². The normalized spacial score (nSPS) is 33.5. The molecule has 2 N–H and O–H groups in total. The minimum atomic E-state index is 0.647. The van der Waals surface area contributed by atoms with Crippen molar-refractivity contribution >= 4 is 0 Å². The van der Waals surface area contributed by atoms with Gasteiger partial charge in [0.05, 0.1) is 0 Å². The fourth-order valence-electron chi connectivity index (χ4n) is 2.57. The molecule has 1 rings (SSSR count). The van der Waals surface area contributed by atoms with Gasteiger partial charge in [-0.2, -0.15) is 0 Å². The van der Waals surface area contributed by atoms with E-state index < -0.39 is 0 Å². The second-order valence-corrected chi connectivity index (χ2v) is 5.18. The summed E-state index contributed by atoms with van der Waals surface area (Å²) in [5, 5.41) is 0. The van der Waals surface area contributed by atoms with E-state index in [-0.39, 0.29) is 0 Å². The van der Waals surface area contributed by atoms with Gasteiger partial charge in [0.25, 0.3) is 0 Å². The molecule has 0 saturated heterocycles. The molecule has 1 nitrogen and oxygen atoms in total. The van der Waals surface area contributed by atoms with E-state index in [9.17, 15) is 0 Å². The molecular formula is C12H25N. The molecule has 1 fully saturated rings. The van der Waals surface area contributed by atoms with Crippen molar-refractivity contribution in [3.05, 3.63) is 0 Å². The van der Waals surface area contributed by atoms with Gasteiger partial charge in [-0.3, -0.25) is 0 Å². The zero-order chi connectivity index (χ0) is 9.90. The van der Waals surface area contributed by atoms with Crippen molar-refractivity contribution in [1.82, 2.24) is 0 Å². The minimum Gasteiger partial charge on any atom is -0.330 e. The Morgan fingerprint density at radius 2 is 2.08 bits per heavy atom. The summed E-state index contributed by atoms with van der Waals surface area (Å²) in [7, 11) is 0. The highest BCUT2D eigenvalue weighted by Crippen LogP contribution is 2.53. The molecule has 1 aliphatic rings. The minimum absolute atomic E-state index is 0.647. The Bertz CT molecular complexity index is 153. The molecule has 0 bridgehead atoms. The summed E-state index contributed by atoms with van der Waals surface area (Å²) in [5.74, 6) is 1.84. The summed E-state index contributed by atoms with van der Waals surface area (Å²) in [6.45, 7) is 8.07. The predicted octanol–water partition coefficient (Wildman–Crippen LogP) is 3.19. The number of unbranched alkanes of at least 4 members (excludes halogenated alkanes) is 1. The molecule has 1 heteroatoms. The zero-order valence-electron chi connectivity index (χ0n) is 9.47. The van der Waals surface area contributed by atoms with Crippen LogP contribution in [0.15, 0.2) is 0 Å². The summed E-state index contributed by atoms with van der Waals surface area (Å²) in [6, 6.07) is 0. The summed E-state index contributed by atoms with van der Waals surface area (Å²) < 4.78 is 0. The number of nitrogens with two attached hydrogens (primary N) is 1. The molecule has 0 aliphatic heterocycles. The van der Waals surface area contributed by atoms with Gasteiger partial charge in [-0.25, -0.2) is 0 Å². The molecule has 1 aliphatic carbocycles. The number of hydrogen-bond donors (Lipinski definition) is 1. The molecule has 2 atom stereocenters. The van der Waals surface area contributed by atoms with Gasteiger partial charge in [0.15, 0.2) is 0 Å². The first-order chi connectivity index (χ1) is 6.11. The maximum atomic E-state index is 5.50. The van der Waals surface area contributed by atoms with Crippen LogP contribution in [-0.2, 0) is 0 Å². The van der Waals surface area contributed by atoms with Crippen molar-refractivity contribution in [3.8, 4) is 0 Å². The monoisotopic (exact) mass is 183 g/mol. The molecule has 13 heavy (non-hydrogen) atoms. The van der Waals surface area contributed by atoms with E-state index in [0.29, 0.717) is 5.41 Å². The maximum Gasteiger partial charge on any atom is -0.00773 e. The standard InChI is InChI=1S/C12H25N/c1-10(2)12(3)8-7-11(12)6-4-5-9-13/h10-11H,4-9,13H2,1-3H3/t11-,12?/m0/s1. The Kier molecular flexibility index (Phi) is 3.78. The third kappa shape index (κ3) is 2.25. The van der Waals surface area contributed by atoms with Crippen LogP contribution in [0, 0.1) is 17.3 Å². The lowest BCUT2D eigenvalue weighted by Gasteiger charge is -2.51. The second-order valence-electron chi connectivity index (χ2n) is 5.18. The Balaban J connectivity index is 2.27. The molecule has 1 saturated carbocycles. The smallest absolute Gasteiger partial charge is 0.00773 e. The molecule has 0 aromatic rings. The first kappa shape index (κ1) is 11.0. The third-order valence-corrected chi connectivity index (χ3v) is 4.29. The van der Waals surface area contributed by atoms with Gasteiger partial charge in [-0.05, 0) is 49.5 Å². The van der Waals surface area contributed by atoms with Crippen LogP contribution >= 0.6 is 0 Å². The topological polar surface area (TPSA) is 26.0 Å². The van der Waals surface area contributed by atoms with Crippen LogP contribution in [0.3, 0.4) is 0 Å². The van der Waals surface area contributed by atoms with Crippen molar-refractivity contribution in [1.29, 1.82) is 0 Å². The fraction of sp³-hybridized carbons (Fsp3) is 1.00. The highest BCUT2D eigenvalue weighted by Gasteiger charge is 2.43. The average molecular weight is 183 g/mol. The number of rotatable bonds is 5. The van der Waals surface area contributed by atoms with Crippen LogP contribution in [-0.4, -0.2) is 6.54 Å². The first-order valence-electron chi connectivity index (χ1n) is 5.81. The van der Waals surface area contributed by atoms with Crippen LogP contribution < -0.4 is 5.73 Å². The largest absolute Gasteiger partial charge is 0.330 e. The quantitative estimate of drug-likeness (QED) is 0.651. The molecule has 0 amide bonds. The molecular weight excluding hydrogens is 158 g/mol. The van der Waals surface area contributed by atoms with Gasteiger partial charge < -0.3 is 5.73 Å². The molecule has 1 unspecified atom stereocenters. The van der Waals surface area contributed by atoms with Gasteiger partial charge in [-0.1, -0.05) is 27.2 Å². The van der Waals surface area contributed by atoms with Crippen LogP contribution in [0.1, 0.15) is 52.9 Å². The van der Waals surface area contributed by atoms with Gasteiger partial charge in [-0.15, -0.1) is 0 Å². The average Bonchev–Trinajstić information content (AvgIpc) is 2.09. The summed E-state index contributed by atoms with van der Waals surface area (Å²) >= 11 is 0. The van der Waals surface area contributed by atoms with Gasteiger partial charge in [0.1, 0.15) is 0 Å². The maximum absolute atomic E-state index is 5.50. The number of hydrogen-bond acceptors (Lipinski definition) is 1. The highest BCUT2D eigenvalue weighted by atomic mass is 14.5. The van der Waals surface area contributed by atoms with Crippen molar-refractivity contribution in [3.63, 3.8) is 0 Å². The van der Waals surface area contributed by atoms with E-state index in [4.69, 9.17) is 5.73 Å². The van der Waals surface area contributed by atoms with Crippen molar-refractivity contribution < 1.29 is 0 Å². The van der Waals surface area contributed by atoms with E-state index in [0.717, 1.165) is 18.4 Å². The van der Waals surface area contributed by atoms with Crippen LogP contribution in [0.25, 0.3) is 0 Å². The Morgan fingerprint density at radius 3 is 2.46 bits per heavy atom. The van der Waals surface area contributed by atoms with Crippen molar-refractivity contribution in [2.75, 3.05) is 6.54 Å². The van der Waals surface area contributed by atoms with Crippen molar-refractivity contribution in [2.24, 2.45) is 23.0 Å². The van der Waals surface area contributed by atoms with Crippen LogP contribution in [0.2, 0.25) is 0 Å². The van der Waals surface area contributed by atoms with E-state index in [1.165, 1.54) is 32.1 Å². The zero-order valence-corrected chi connectivity index (χ0v) is 9.47. The second kappa shape index (κ2) is 4.45. The lowest BCUT2D eigenvalue weighted by Crippen LogP contribution is -2.41. The highest BCUT2D eigenvalue weighted by molar-refractivity contribution is 4.93. The lowest BCUT2D eigenvalue weighted by atomic mass is 9.55. The molecule has 0 aromatic heterocycles. The Hall–Kier alpha value is -0.0400. The third-order valence-electron chi connectivity index (χ3n) is 4.29. The Morgan fingerprint density at radius 1 is 1.38 bits per heavy atom. The summed E-state index contributed by atoms with van der Waals surface area (Å²) in [5.41, 5.74) is 6.15. The van der Waals surface area contributed by atoms with Crippen LogP contribution in [0.4, 0.5) is 0 Å².